The van der Waals surface area contributed by atoms with Gasteiger partial charge >= 0.3 is 15.2 Å². The van der Waals surface area contributed by atoms with Crippen LogP contribution >= 0.6 is 15.2 Å². The summed E-state index contributed by atoms with van der Waals surface area (Å²) >= 11 is 0. The Morgan fingerprint density at radius 1 is 0.533 bits per heavy atom. The van der Waals surface area contributed by atoms with Crippen LogP contribution in [0.3, 0.4) is 0 Å². The van der Waals surface area contributed by atoms with Crippen molar-refractivity contribution in [2.75, 3.05) is 32.3 Å². The minimum absolute atomic E-state index is 0.117. The fourth-order valence-electron chi connectivity index (χ4n) is 9.47. The number of benzene rings is 4. The maximum atomic E-state index is 15.1. The van der Waals surface area contributed by atoms with Crippen molar-refractivity contribution in [2.24, 2.45) is 0 Å². The molecule has 0 radical (unpaired) electrons. The molecule has 1 N–H and O–H groups in total. The first kappa shape index (κ1) is 47.1. The molecule has 386 valence electrons. The Hall–Kier alpha value is -7.68. The van der Waals surface area contributed by atoms with Crippen molar-refractivity contribution in [3.63, 3.8) is 0 Å². The molecule has 4 aliphatic rings. The van der Waals surface area contributed by atoms with E-state index in [4.69, 9.17) is 51.9 Å². The van der Waals surface area contributed by atoms with Gasteiger partial charge in [0.25, 0.3) is 0 Å². The van der Waals surface area contributed by atoms with Gasteiger partial charge in [-0.15, -0.1) is 20.4 Å². The predicted molar refractivity (Wildman–Crippen MR) is 258 cm³/mol. The van der Waals surface area contributed by atoms with Crippen LogP contribution in [0, 0.1) is 5.41 Å². The number of nitrogens with one attached hydrogen (secondary N) is 1. The third kappa shape index (κ3) is 8.44. The normalized spacial score (nSPS) is 27.2. The van der Waals surface area contributed by atoms with Crippen LogP contribution in [-0.2, 0) is 36.7 Å². The molecule has 4 aliphatic heterocycles. The van der Waals surface area contributed by atoms with Crippen LogP contribution in [0.15, 0.2) is 116 Å². The van der Waals surface area contributed by atoms with E-state index in [1.807, 2.05) is 30.3 Å². The van der Waals surface area contributed by atoms with Gasteiger partial charge in [-0.05, 0) is 89.3 Å². The van der Waals surface area contributed by atoms with Gasteiger partial charge in [0.1, 0.15) is 61.9 Å². The van der Waals surface area contributed by atoms with E-state index >= 15 is 9.13 Å². The summed E-state index contributed by atoms with van der Waals surface area (Å²) in [7, 11) is -8.92. The Bertz CT molecular complexity index is 3900. The molecule has 0 aliphatic carbocycles. The fourth-order valence-corrected chi connectivity index (χ4v) is 14.2. The van der Waals surface area contributed by atoms with Gasteiger partial charge in [0, 0.05) is 6.20 Å². The first-order valence-electron chi connectivity index (χ1n) is 23.8. The zero-order valence-electron chi connectivity index (χ0n) is 39.6. The molecule has 6 aromatic heterocycles. The average Bonchev–Trinajstić information content (AvgIpc) is 4.31. The first-order chi connectivity index (χ1) is 36.7. The van der Waals surface area contributed by atoms with E-state index in [9.17, 15) is 5.41 Å². The number of nitrogens with zero attached hydrogens (tertiary/aromatic N) is 15. The zero-order valence-corrected chi connectivity index (χ0v) is 41.4. The SMILES string of the molecule is CCOP1(=O)CP(=O)(OCC)OC[C@H]2O[C@@H](C(On3nnc4ccccc43)[C@H]2On2nnc3ccccc32)n2cnc3c(=N)n(ccc32)[C@H]2O[C@@H](CO1)C(On1nnc3ccccc31)C2On1nnc2ccccc21. The second-order valence-corrected chi connectivity index (χ2v) is 22.1. The second kappa shape index (κ2) is 18.9. The highest BCUT2D eigenvalue weighted by Crippen LogP contribution is 2.64. The third-order valence-corrected chi connectivity index (χ3v) is 18.0. The topological polar surface area (TPSA) is 296 Å². The summed E-state index contributed by atoms with van der Waals surface area (Å²) in [5, 5.41) is 44.2. The number of hydrogen-bond donors (Lipinski definition) is 1. The minimum Gasteiger partial charge on any atom is -0.384 e. The lowest BCUT2D eigenvalue weighted by Gasteiger charge is -2.27. The molecule has 0 amide bonds. The maximum absolute atomic E-state index is 15.1. The fraction of sp³-hybridized carbons (Fsp3) is 0.333. The lowest BCUT2D eigenvalue weighted by Crippen LogP contribution is -2.48. The van der Waals surface area contributed by atoms with E-state index in [0.29, 0.717) is 49.7 Å². The zero-order chi connectivity index (χ0) is 50.8. The van der Waals surface area contributed by atoms with Crippen LogP contribution in [-0.4, -0.2) is 144 Å². The van der Waals surface area contributed by atoms with Crippen molar-refractivity contribution >= 4 is 70.4 Å². The molecule has 10 aromatic rings. The van der Waals surface area contributed by atoms with Gasteiger partial charge in [-0.25, -0.2) is 4.98 Å². The Morgan fingerprint density at radius 2 is 0.920 bits per heavy atom. The van der Waals surface area contributed by atoms with Crippen LogP contribution < -0.4 is 24.8 Å². The summed E-state index contributed by atoms with van der Waals surface area (Å²) in [6, 6.07) is 30.4. The van der Waals surface area contributed by atoms with Gasteiger partial charge in [-0.1, -0.05) is 67.9 Å². The van der Waals surface area contributed by atoms with E-state index in [1.54, 1.807) is 97.4 Å². The molecule has 2 saturated heterocycles. The molecule has 10 heterocycles. The third-order valence-electron chi connectivity index (χ3n) is 12.9. The molecule has 8 bridgehead atoms. The number of para-hydroxylation sites is 4. The number of ether oxygens (including phenoxy) is 2. The molecule has 0 saturated carbocycles. The molecule has 28 nitrogen and oxygen atoms in total. The average molecular weight is 1060 g/mol. The van der Waals surface area contributed by atoms with Crippen molar-refractivity contribution in [1.82, 2.24) is 74.7 Å². The quantitative estimate of drug-likeness (QED) is 0.171. The van der Waals surface area contributed by atoms with Crippen molar-refractivity contribution in [2.45, 2.75) is 62.9 Å². The van der Waals surface area contributed by atoms with E-state index in [-0.39, 0.29) is 24.2 Å². The highest BCUT2D eigenvalue weighted by atomic mass is 31.2. The van der Waals surface area contributed by atoms with Crippen molar-refractivity contribution < 1.29 is 56.0 Å². The first-order valence-corrected chi connectivity index (χ1v) is 27.2. The number of rotatable bonds is 12. The van der Waals surface area contributed by atoms with Gasteiger partial charge in [0.05, 0.1) is 38.3 Å². The molecule has 75 heavy (non-hydrogen) atoms. The van der Waals surface area contributed by atoms with E-state index in [2.05, 4.69) is 41.2 Å². The molecular formula is C45H44N16O12P2. The standard InChI is InChI=1S/C45H44N16O12P2/c1-3-64-74(62)26-75(63,65-4-2)67-24-37-40(71-59-32-18-10-6-14-28(32)49-53-59)42(73-61-34-20-12-8-16-30(34)51-55-61)45(69-37)57-25-47-38-35(57)21-22-56(43(38)46)44-41(72-60-33-19-11-7-15-29(33)50-54-60)39(36(68-44)23-66-74)70-58-31-17-9-5-13-27(31)48-52-58/h5-22,25,36-37,39-42,44-46H,3-4,23-24,26H2,1-2H3/t36-,37+,39?,40-,41?,42?,44-,45-,74?,75?/m0/s1. The highest BCUT2D eigenvalue weighted by Gasteiger charge is 2.55. The monoisotopic (exact) mass is 1060 g/mol. The summed E-state index contributed by atoms with van der Waals surface area (Å²) in [5.41, 5.74) is 4.67. The van der Waals surface area contributed by atoms with Gasteiger partial charge in [0.2, 0.25) is 12.2 Å². The Labute approximate surface area is 421 Å². The molecule has 14 rings (SSSR count). The number of aromatic nitrogens is 15. The van der Waals surface area contributed by atoms with Gasteiger partial charge in [-0.2, -0.15) is 0 Å². The Kier molecular flexibility index (Phi) is 11.9. The van der Waals surface area contributed by atoms with Crippen LogP contribution in [0.2, 0.25) is 0 Å². The maximum Gasteiger partial charge on any atom is 0.342 e. The number of pyridine rings is 1. The molecule has 0 spiro atoms. The smallest absolute Gasteiger partial charge is 0.342 e. The van der Waals surface area contributed by atoms with Crippen LogP contribution in [0.4, 0.5) is 0 Å². The predicted octanol–water partition coefficient (Wildman–Crippen LogP) is 3.54. The Morgan fingerprint density at radius 3 is 1.33 bits per heavy atom. The number of fused-ring (bicyclic) bond motifs is 11. The summed E-state index contributed by atoms with van der Waals surface area (Å²) in [6.07, 6.45) is -6.35. The lowest BCUT2D eigenvalue weighted by atomic mass is 10.1. The van der Waals surface area contributed by atoms with E-state index in [0.717, 1.165) is 0 Å². The Balaban J connectivity index is 0.973. The van der Waals surface area contributed by atoms with Crippen molar-refractivity contribution in [3.05, 3.63) is 121 Å². The lowest BCUT2D eigenvalue weighted by molar-refractivity contribution is -0.0986. The van der Waals surface area contributed by atoms with Gasteiger partial charge in [0.15, 0.2) is 36.1 Å². The molecular weight excluding hydrogens is 1020 g/mol. The van der Waals surface area contributed by atoms with E-state index in [1.165, 1.54) is 30.3 Å². The summed E-state index contributed by atoms with van der Waals surface area (Å²) < 4.78 is 71.4. The van der Waals surface area contributed by atoms with Crippen LogP contribution in [0.25, 0.3) is 55.2 Å². The highest BCUT2D eigenvalue weighted by molar-refractivity contribution is 7.71. The van der Waals surface area contributed by atoms with Gasteiger partial charge < -0.3 is 51.5 Å². The second-order valence-electron chi connectivity index (χ2n) is 17.5. The largest absolute Gasteiger partial charge is 0.384 e. The molecule has 4 aromatic carbocycles. The number of imidazole rings is 1. The molecule has 10 atom stereocenters. The van der Waals surface area contributed by atoms with Crippen molar-refractivity contribution in [3.8, 4) is 0 Å². The summed E-state index contributed by atoms with van der Waals surface area (Å²) in [6.45, 7) is 1.99. The molecule has 5 unspecified atom stereocenters. The summed E-state index contributed by atoms with van der Waals surface area (Å²) in [4.78, 5) is 36.6. The van der Waals surface area contributed by atoms with Gasteiger partial charge in [-0.3, -0.25) is 19.1 Å². The van der Waals surface area contributed by atoms with Crippen LogP contribution in [0.5, 0.6) is 0 Å². The number of hydrogen-bond acceptors (Lipinski definition) is 22. The molecule has 30 heteroatoms. The van der Waals surface area contributed by atoms with E-state index < -0.39 is 83.4 Å². The minimum atomic E-state index is -4.47. The molecule has 2 fully saturated rings. The van der Waals surface area contributed by atoms with Crippen LogP contribution in [0.1, 0.15) is 26.3 Å². The summed E-state index contributed by atoms with van der Waals surface area (Å²) in [5.74, 6) is -0.837. The van der Waals surface area contributed by atoms with Crippen molar-refractivity contribution in [1.29, 1.82) is 5.41 Å².